The summed E-state index contributed by atoms with van der Waals surface area (Å²) in [5.74, 6) is 0.611. The Kier molecular flexibility index (Phi) is 4.76. The third-order valence-electron chi connectivity index (χ3n) is 4.28. The Morgan fingerprint density at radius 2 is 1.81 bits per heavy atom. The number of carbonyl (C=O) groups excluding carboxylic acids is 1. The number of carbonyl (C=O) groups is 1. The molecule has 0 unspecified atom stereocenters. The van der Waals surface area contributed by atoms with Crippen LogP contribution in [-0.4, -0.2) is 47.6 Å². The van der Waals surface area contributed by atoms with E-state index in [4.69, 9.17) is 15.9 Å². The van der Waals surface area contributed by atoms with Crippen molar-refractivity contribution < 1.29 is 9.53 Å². The van der Waals surface area contributed by atoms with E-state index in [1.807, 2.05) is 20.8 Å². The number of amidine groups is 1. The molecule has 1 aliphatic carbocycles. The number of hydrogen-bond donors (Lipinski definition) is 3. The van der Waals surface area contributed by atoms with E-state index in [9.17, 15) is 4.79 Å². The van der Waals surface area contributed by atoms with Gasteiger partial charge in [0.2, 0.25) is 0 Å². The lowest BCUT2D eigenvalue weighted by atomic mass is 9.83. The van der Waals surface area contributed by atoms with Gasteiger partial charge in [0.1, 0.15) is 5.60 Å². The molecule has 6 heteroatoms. The molecule has 2 fully saturated rings. The number of ether oxygens (including phenoxy) is 1. The summed E-state index contributed by atoms with van der Waals surface area (Å²) in [7, 11) is 0. The minimum absolute atomic E-state index is 0.199. The topological polar surface area (TPSA) is 91.4 Å². The molecule has 0 aromatic carbocycles. The highest BCUT2D eigenvalue weighted by molar-refractivity contribution is 5.79. The number of nitrogens with two attached hydrogens (primary N) is 1. The second-order valence-corrected chi connectivity index (χ2v) is 7.26. The molecule has 120 valence electrons. The molecule has 4 N–H and O–H groups in total. The Hall–Kier alpha value is -1.30. The molecule has 2 rings (SSSR count). The third kappa shape index (κ3) is 4.59. The van der Waals surface area contributed by atoms with Gasteiger partial charge in [0, 0.05) is 25.0 Å². The van der Waals surface area contributed by atoms with Crippen LogP contribution in [0.4, 0.5) is 4.79 Å². The van der Waals surface area contributed by atoms with Crippen LogP contribution in [0.25, 0.3) is 0 Å². The van der Waals surface area contributed by atoms with E-state index in [1.54, 1.807) is 0 Å². The van der Waals surface area contributed by atoms with Crippen LogP contribution in [0.2, 0.25) is 0 Å². The zero-order valence-electron chi connectivity index (χ0n) is 13.3. The quantitative estimate of drug-likeness (QED) is 0.546. The van der Waals surface area contributed by atoms with E-state index in [0.717, 1.165) is 38.8 Å². The van der Waals surface area contributed by atoms with Crippen LogP contribution >= 0.6 is 0 Å². The van der Waals surface area contributed by atoms with E-state index in [2.05, 4.69) is 10.2 Å². The highest BCUT2D eigenvalue weighted by Gasteiger charge is 2.36. The van der Waals surface area contributed by atoms with Crippen LogP contribution in [0.5, 0.6) is 0 Å². The van der Waals surface area contributed by atoms with E-state index in [0.29, 0.717) is 11.9 Å². The van der Waals surface area contributed by atoms with Crippen molar-refractivity contribution >= 4 is 11.9 Å². The fourth-order valence-electron chi connectivity index (χ4n) is 3.13. The highest BCUT2D eigenvalue weighted by atomic mass is 16.6. The van der Waals surface area contributed by atoms with Crippen molar-refractivity contribution in [2.45, 2.75) is 64.1 Å². The number of nitrogens with one attached hydrogen (secondary N) is 2. The van der Waals surface area contributed by atoms with Gasteiger partial charge in [0.05, 0.1) is 11.9 Å². The molecular formula is C15H28N4O2. The second kappa shape index (κ2) is 6.22. The zero-order valence-corrected chi connectivity index (χ0v) is 13.3. The minimum atomic E-state index is -0.446. The van der Waals surface area contributed by atoms with Gasteiger partial charge < -0.3 is 15.8 Å². The average Bonchev–Trinajstić information content (AvgIpc) is 2.31. The highest BCUT2D eigenvalue weighted by Crippen LogP contribution is 2.29. The SMILES string of the molecule is CC(C)(C)OC(=O)NC1CN(C2CCC(C(=N)N)CC2)C1. The predicted molar refractivity (Wildman–Crippen MR) is 82.4 cm³/mol. The van der Waals surface area contributed by atoms with Gasteiger partial charge in [0.15, 0.2) is 0 Å². The monoisotopic (exact) mass is 296 g/mol. The molecule has 0 aromatic heterocycles. The molecule has 1 amide bonds. The Morgan fingerprint density at radius 1 is 1.24 bits per heavy atom. The van der Waals surface area contributed by atoms with Gasteiger partial charge in [-0.3, -0.25) is 10.3 Å². The summed E-state index contributed by atoms with van der Waals surface area (Å²) in [6.45, 7) is 7.40. The Labute approximate surface area is 126 Å². The zero-order chi connectivity index (χ0) is 15.6. The summed E-state index contributed by atoms with van der Waals surface area (Å²) >= 11 is 0. The molecule has 0 radical (unpaired) electrons. The molecule has 1 heterocycles. The molecule has 0 atom stereocenters. The third-order valence-corrected chi connectivity index (χ3v) is 4.28. The van der Waals surface area contributed by atoms with Crippen molar-refractivity contribution in [1.82, 2.24) is 10.2 Å². The number of rotatable bonds is 3. The molecule has 0 spiro atoms. The summed E-state index contributed by atoms with van der Waals surface area (Å²) < 4.78 is 5.26. The van der Waals surface area contributed by atoms with Gasteiger partial charge in [-0.15, -0.1) is 0 Å². The molecule has 2 aliphatic rings. The van der Waals surface area contributed by atoms with Gasteiger partial charge in [-0.25, -0.2) is 4.79 Å². The maximum atomic E-state index is 11.7. The largest absolute Gasteiger partial charge is 0.444 e. The lowest BCUT2D eigenvalue weighted by Gasteiger charge is -2.46. The maximum Gasteiger partial charge on any atom is 0.407 e. The summed E-state index contributed by atoms with van der Waals surface area (Å²) in [5, 5.41) is 10.4. The Balaban J connectivity index is 1.66. The molecule has 1 saturated heterocycles. The summed E-state index contributed by atoms with van der Waals surface area (Å²) in [5.41, 5.74) is 5.12. The Morgan fingerprint density at radius 3 is 2.29 bits per heavy atom. The molecule has 21 heavy (non-hydrogen) atoms. The van der Waals surface area contributed by atoms with Gasteiger partial charge in [-0.2, -0.15) is 0 Å². The first-order valence-electron chi connectivity index (χ1n) is 7.82. The Bertz CT molecular complexity index is 391. The van der Waals surface area contributed by atoms with Crippen LogP contribution in [0.1, 0.15) is 46.5 Å². The number of amides is 1. The molecule has 1 saturated carbocycles. The predicted octanol–water partition coefficient (Wildman–Crippen LogP) is 1.69. The van der Waals surface area contributed by atoms with E-state index < -0.39 is 5.60 Å². The first-order valence-corrected chi connectivity index (χ1v) is 7.82. The molecule has 0 bridgehead atoms. The second-order valence-electron chi connectivity index (χ2n) is 7.26. The van der Waals surface area contributed by atoms with Crippen molar-refractivity contribution in [2.75, 3.05) is 13.1 Å². The van der Waals surface area contributed by atoms with Gasteiger partial charge in [-0.1, -0.05) is 0 Å². The summed E-state index contributed by atoms with van der Waals surface area (Å²) in [6.07, 6.45) is 3.90. The van der Waals surface area contributed by atoms with Crippen molar-refractivity contribution in [3.05, 3.63) is 0 Å². The van der Waals surface area contributed by atoms with Crippen LogP contribution in [0.3, 0.4) is 0 Å². The average molecular weight is 296 g/mol. The minimum Gasteiger partial charge on any atom is -0.444 e. The number of nitrogens with zero attached hydrogens (tertiary/aromatic N) is 1. The summed E-state index contributed by atoms with van der Waals surface area (Å²) in [4.78, 5) is 14.1. The number of alkyl carbamates (subject to hydrolysis) is 1. The first kappa shape index (κ1) is 16.1. The van der Waals surface area contributed by atoms with Gasteiger partial charge in [0.25, 0.3) is 0 Å². The maximum absolute atomic E-state index is 11.7. The smallest absolute Gasteiger partial charge is 0.407 e. The summed E-state index contributed by atoms with van der Waals surface area (Å²) in [6, 6.07) is 0.780. The van der Waals surface area contributed by atoms with E-state index in [1.165, 1.54) is 0 Å². The molecule has 1 aliphatic heterocycles. The van der Waals surface area contributed by atoms with Crippen molar-refractivity contribution in [3.8, 4) is 0 Å². The van der Waals surface area contributed by atoms with Crippen LogP contribution in [-0.2, 0) is 4.74 Å². The fraction of sp³-hybridized carbons (Fsp3) is 0.867. The molecule has 0 aromatic rings. The van der Waals surface area contributed by atoms with Crippen LogP contribution < -0.4 is 11.1 Å². The number of hydrogen-bond acceptors (Lipinski definition) is 4. The van der Waals surface area contributed by atoms with Crippen molar-refractivity contribution in [2.24, 2.45) is 11.7 Å². The number of likely N-dealkylation sites (tertiary alicyclic amines) is 1. The lowest BCUT2D eigenvalue weighted by molar-refractivity contribution is 0.0252. The normalized spacial score (nSPS) is 27.8. The van der Waals surface area contributed by atoms with E-state index in [-0.39, 0.29) is 18.1 Å². The lowest BCUT2D eigenvalue weighted by Crippen LogP contribution is -2.62. The standard InChI is InChI=1S/C15H28N4O2/c1-15(2,3)21-14(20)18-11-8-19(9-11)12-6-4-10(5-7-12)13(16)17/h10-12H,4-9H2,1-3H3,(H3,16,17)(H,18,20). The van der Waals surface area contributed by atoms with Gasteiger partial charge in [-0.05, 0) is 46.5 Å². The fourth-order valence-corrected chi connectivity index (χ4v) is 3.13. The van der Waals surface area contributed by atoms with E-state index >= 15 is 0 Å². The molecule has 6 nitrogen and oxygen atoms in total. The van der Waals surface area contributed by atoms with Crippen molar-refractivity contribution in [1.29, 1.82) is 5.41 Å². The van der Waals surface area contributed by atoms with Crippen LogP contribution in [0.15, 0.2) is 0 Å². The van der Waals surface area contributed by atoms with Crippen molar-refractivity contribution in [3.63, 3.8) is 0 Å². The van der Waals surface area contributed by atoms with Gasteiger partial charge >= 0.3 is 6.09 Å². The molecular weight excluding hydrogens is 268 g/mol. The van der Waals surface area contributed by atoms with Crippen LogP contribution in [0, 0.1) is 11.3 Å². The first-order chi connectivity index (χ1) is 9.74.